The lowest BCUT2D eigenvalue weighted by atomic mass is 9.93. The van der Waals surface area contributed by atoms with Crippen LogP contribution in [0.25, 0.3) is 0 Å². The number of ether oxygens (including phenoxy) is 2. The van der Waals surface area contributed by atoms with E-state index in [1.54, 1.807) is 13.8 Å². The van der Waals surface area contributed by atoms with Gasteiger partial charge in [0.15, 0.2) is 17.5 Å². The first kappa shape index (κ1) is 24.8. The monoisotopic (exact) mass is 538 g/mol. The quantitative estimate of drug-likeness (QED) is 0.295. The van der Waals surface area contributed by atoms with E-state index >= 15 is 0 Å². The van der Waals surface area contributed by atoms with Crippen LogP contribution >= 0.6 is 24.0 Å². The van der Waals surface area contributed by atoms with E-state index in [-0.39, 0.29) is 29.9 Å². The lowest BCUT2D eigenvalue weighted by Crippen LogP contribution is -2.44. The van der Waals surface area contributed by atoms with Crippen LogP contribution < -0.4 is 25.8 Å². The number of nitrogens with two attached hydrogens (primary N) is 1. The summed E-state index contributed by atoms with van der Waals surface area (Å²) in [6.45, 7) is 7.79. The minimum atomic E-state index is -0.712. The number of hydrogen-bond donors (Lipinski definition) is 3. The van der Waals surface area contributed by atoms with Crippen LogP contribution in [0.2, 0.25) is 0 Å². The maximum atomic E-state index is 11.7. The predicted molar refractivity (Wildman–Crippen MR) is 134 cm³/mol. The fourth-order valence-corrected chi connectivity index (χ4v) is 2.86. The highest BCUT2D eigenvalue weighted by molar-refractivity contribution is 14.0. The summed E-state index contributed by atoms with van der Waals surface area (Å²) in [5, 5.41) is 6.54. The Balaban J connectivity index is 0.00000341. The van der Waals surface area contributed by atoms with Crippen molar-refractivity contribution in [3.8, 4) is 11.5 Å². The minimum absolute atomic E-state index is 0. The summed E-state index contributed by atoms with van der Waals surface area (Å²) in [5.41, 5.74) is 7.92. The Morgan fingerprint density at radius 3 is 2.55 bits per heavy atom. The number of hydrogen-bond acceptors (Lipinski definition) is 4. The predicted octanol–water partition coefficient (Wildman–Crippen LogP) is 3.84. The molecule has 0 aliphatic carbocycles. The number of fused-ring (bicyclic) bond motifs is 1. The Labute approximate surface area is 200 Å². The number of aliphatic imine (C=N–C) groups is 1. The highest BCUT2D eigenvalue weighted by atomic mass is 127. The topological polar surface area (TPSA) is 98.0 Å². The van der Waals surface area contributed by atoms with Gasteiger partial charge in [0, 0.05) is 24.7 Å². The number of anilines is 1. The molecular formula is C23H31IN4O3. The van der Waals surface area contributed by atoms with Gasteiger partial charge in [0.05, 0.1) is 25.2 Å². The van der Waals surface area contributed by atoms with Gasteiger partial charge in [0.2, 0.25) is 5.91 Å². The van der Waals surface area contributed by atoms with Gasteiger partial charge in [-0.2, -0.15) is 0 Å². The second-order valence-electron chi connectivity index (χ2n) is 8.03. The van der Waals surface area contributed by atoms with Crippen LogP contribution in [0.3, 0.4) is 0 Å². The van der Waals surface area contributed by atoms with Crippen LogP contribution in [0.15, 0.2) is 47.5 Å². The molecule has 4 N–H and O–H groups in total. The number of guanidine groups is 1. The summed E-state index contributed by atoms with van der Waals surface area (Å²) in [5.74, 6) is 1.62. The van der Waals surface area contributed by atoms with Crippen molar-refractivity contribution in [3.63, 3.8) is 0 Å². The van der Waals surface area contributed by atoms with Crippen molar-refractivity contribution in [3.05, 3.63) is 53.6 Å². The average Bonchev–Trinajstić information content (AvgIpc) is 2.96. The number of nitrogens with zero attached hydrogens (tertiary/aromatic N) is 1. The zero-order chi connectivity index (χ0) is 21.6. The Bertz CT molecular complexity index is 931. The Morgan fingerprint density at radius 1 is 1.13 bits per heavy atom. The zero-order valence-electron chi connectivity index (χ0n) is 18.2. The first-order valence-corrected chi connectivity index (χ1v) is 10.1. The zero-order valence-corrected chi connectivity index (χ0v) is 20.6. The molecule has 168 valence electrons. The van der Waals surface area contributed by atoms with Crippen molar-refractivity contribution in [1.82, 2.24) is 5.32 Å². The largest absolute Gasteiger partial charge is 0.490 e. The molecule has 1 aliphatic heterocycles. The van der Waals surface area contributed by atoms with E-state index in [0.717, 1.165) is 23.4 Å². The molecule has 3 rings (SSSR count). The number of nitrogens with one attached hydrogen (secondary N) is 2. The van der Waals surface area contributed by atoms with Crippen molar-refractivity contribution >= 4 is 41.5 Å². The van der Waals surface area contributed by atoms with Gasteiger partial charge in [0.1, 0.15) is 0 Å². The second-order valence-corrected chi connectivity index (χ2v) is 8.03. The molecule has 0 radical (unpaired) electrons. The Hall–Kier alpha value is -2.49. The van der Waals surface area contributed by atoms with Gasteiger partial charge in [-0.15, -0.1) is 24.0 Å². The van der Waals surface area contributed by atoms with Crippen molar-refractivity contribution < 1.29 is 14.3 Å². The molecule has 0 fully saturated rings. The summed E-state index contributed by atoms with van der Waals surface area (Å²) in [7, 11) is 0. The van der Waals surface area contributed by atoms with Crippen LogP contribution in [-0.4, -0.2) is 31.6 Å². The Kier molecular flexibility index (Phi) is 8.97. The molecule has 8 heteroatoms. The molecule has 1 aliphatic rings. The summed E-state index contributed by atoms with van der Waals surface area (Å²) in [6.07, 6.45) is 0.852. The third-order valence-electron chi connectivity index (χ3n) is 5.04. The van der Waals surface area contributed by atoms with E-state index in [9.17, 15) is 4.79 Å². The number of rotatable bonds is 6. The molecule has 1 heterocycles. The normalized spacial score (nSPS) is 13.6. The molecule has 2 aromatic carbocycles. The minimum Gasteiger partial charge on any atom is -0.490 e. The van der Waals surface area contributed by atoms with Crippen LogP contribution in [0.5, 0.6) is 11.5 Å². The molecular weight excluding hydrogens is 507 g/mol. The molecule has 0 saturated heterocycles. The maximum absolute atomic E-state index is 11.7. The van der Waals surface area contributed by atoms with Gasteiger partial charge < -0.3 is 25.8 Å². The van der Waals surface area contributed by atoms with Gasteiger partial charge in [-0.25, -0.2) is 4.99 Å². The molecule has 1 amide bonds. The van der Waals surface area contributed by atoms with E-state index < -0.39 is 5.41 Å². The van der Waals surface area contributed by atoms with Crippen LogP contribution in [0.4, 0.5) is 5.69 Å². The van der Waals surface area contributed by atoms with Crippen molar-refractivity contribution in [1.29, 1.82) is 0 Å². The van der Waals surface area contributed by atoms with E-state index in [1.165, 1.54) is 5.56 Å². The van der Waals surface area contributed by atoms with Crippen LogP contribution in [0.1, 0.15) is 31.4 Å². The smallest absolute Gasteiger partial charge is 0.224 e. The van der Waals surface area contributed by atoms with Gasteiger partial charge >= 0.3 is 0 Å². The van der Waals surface area contributed by atoms with Crippen molar-refractivity contribution in [2.24, 2.45) is 16.1 Å². The van der Waals surface area contributed by atoms with Gasteiger partial charge in [-0.1, -0.05) is 24.3 Å². The van der Waals surface area contributed by atoms with Crippen molar-refractivity contribution in [2.45, 2.75) is 33.7 Å². The summed E-state index contributed by atoms with van der Waals surface area (Å²) in [6, 6.07) is 13.8. The highest BCUT2D eigenvalue weighted by Crippen LogP contribution is 2.32. The maximum Gasteiger partial charge on any atom is 0.224 e. The Morgan fingerprint density at radius 2 is 1.84 bits per heavy atom. The van der Waals surface area contributed by atoms with E-state index in [0.29, 0.717) is 38.0 Å². The first-order chi connectivity index (χ1) is 14.3. The number of halogens is 1. The number of aryl methyl sites for hydroxylation is 1. The third-order valence-corrected chi connectivity index (χ3v) is 5.04. The molecule has 0 unspecified atom stereocenters. The molecule has 0 saturated carbocycles. The van der Waals surface area contributed by atoms with E-state index in [1.807, 2.05) is 30.3 Å². The number of primary amides is 1. The van der Waals surface area contributed by atoms with Crippen LogP contribution in [-0.2, 0) is 11.3 Å². The molecule has 31 heavy (non-hydrogen) atoms. The third kappa shape index (κ3) is 7.02. The lowest BCUT2D eigenvalue weighted by Gasteiger charge is -2.23. The van der Waals surface area contributed by atoms with Gasteiger partial charge in [-0.3, -0.25) is 4.79 Å². The number of carbonyl (C=O) groups excluding carboxylic acids is 1. The van der Waals surface area contributed by atoms with Gasteiger partial charge in [0.25, 0.3) is 0 Å². The number of amides is 1. The number of carbonyl (C=O) groups is 1. The van der Waals surface area contributed by atoms with E-state index in [2.05, 4.69) is 29.7 Å². The van der Waals surface area contributed by atoms with Crippen LogP contribution in [0, 0.1) is 12.3 Å². The first-order valence-electron chi connectivity index (χ1n) is 10.1. The average molecular weight is 538 g/mol. The summed E-state index contributed by atoms with van der Waals surface area (Å²) in [4.78, 5) is 16.4. The highest BCUT2D eigenvalue weighted by Gasteiger charge is 2.25. The van der Waals surface area contributed by atoms with Crippen molar-refractivity contribution in [2.75, 3.05) is 25.1 Å². The SMILES string of the molecule is Cc1ccccc1CN=C(NCC(C)(C)C(N)=O)Nc1ccc2c(c1)OCCCO2.I. The fourth-order valence-electron chi connectivity index (χ4n) is 2.86. The molecule has 2 aromatic rings. The molecule has 0 atom stereocenters. The fraction of sp³-hybridized carbons (Fsp3) is 0.391. The lowest BCUT2D eigenvalue weighted by molar-refractivity contribution is -0.125. The second kappa shape index (κ2) is 11.2. The molecule has 7 nitrogen and oxygen atoms in total. The number of benzene rings is 2. The standard InChI is InChI=1S/C23H30N4O3.HI/c1-16-7-4-5-8-17(16)14-25-22(26-15-23(2,3)21(24)28)27-18-9-10-19-20(13-18)30-12-6-11-29-19;/h4-5,7-10,13H,6,11-12,14-15H2,1-3H3,(H2,24,28)(H2,25,26,27);1H. The summed E-state index contributed by atoms with van der Waals surface area (Å²) < 4.78 is 11.5. The van der Waals surface area contributed by atoms with Gasteiger partial charge in [-0.05, 0) is 44.0 Å². The molecule has 0 bridgehead atoms. The molecule has 0 aromatic heterocycles. The van der Waals surface area contributed by atoms with E-state index in [4.69, 9.17) is 20.2 Å². The summed E-state index contributed by atoms with van der Waals surface area (Å²) >= 11 is 0. The molecule has 0 spiro atoms.